The van der Waals surface area contributed by atoms with Crippen molar-refractivity contribution in [3.05, 3.63) is 101 Å². The molecule has 1 aromatic heterocycles. The second-order valence-corrected chi connectivity index (χ2v) is 10.4. The molecule has 0 unspecified atom stereocenters. The van der Waals surface area contributed by atoms with Gasteiger partial charge in [-0.1, -0.05) is 60.1 Å². The second kappa shape index (κ2) is 12.0. The Hall–Kier alpha value is -3.99. The van der Waals surface area contributed by atoms with E-state index in [0.29, 0.717) is 41.5 Å². The average Bonchev–Trinajstić information content (AvgIpc) is 2.90. The number of methoxy groups -OCH3 is 1. The monoisotopic (exact) mass is 552 g/mol. The van der Waals surface area contributed by atoms with Crippen molar-refractivity contribution in [1.82, 2.24) is 9.97 Å². The summed E-state index contributed by atoms with van der Waals surface area (Å²) < 4.78 is 36.7. The zero-order chi connectivity index (χ0) is 27.1. The van der Waals surface area contributed by atoms with Crippen molar-refractivity contribution >= 4 is 39.0 Å². The summed E-state index contributed by atoms with van der Waals surface area (Å²) in [6, 6.07) is 22.0. The van der Waals surface area contributed by atoms with E-state index < -0.39 is 10.0 Å². The lowest BCUT2D eigenvalue weighted by Gasteiger charge is -2.13. The first-order chi connectivity index (χ1) is 18.2. The minimum atomic E-state index is -3.60. The zero-order valence-corrected chi connectivity index (χ0v) is 22.2. The van der Waals surface area contributed by atoms with Crippen molar-refractivity contribution in [2.24, 2.45) is 0 Å². The number of hydrogen-bond donors (Lipinski definition) is 2. The lowest BCUT2D eigenvalue weighted by atomic mass is 10.1. The van der Waals surface area contributed by atoms with E-state index in [1.165, 1.54) is 13.3 Å². The van der Waals surface area contributed by atoms with E-state index >= 15 is 0 Å². The number of hydrogen-bond acceptors (Lipinski definition) is 7. The number of nitrogens with one attached hydrogen (secondary N) is 2. The largest absolute Gasteiger partial charge is 0.495 e. The number of halogens is 1. The van der Waals surface area contributed by atoms with Crippen LogP contribution in [0.5, 0.6) is 5.75 Å². The molecule has 0 aliphatic heterocycles. The molecule has 1 heterocycles. The Labute approximate surface area is 225 Å². The number of benzene rings is 3. The maximum Gasteiger partial charge on any atom is 0.255 e. The average molecular weight is 553 g/mol. The van der Waals surface area contributed by atoms with Gasteiger partial charge in [-0.25, -0.2) is 18.4 Å². The first-order valence-corrected chi connectivity index (χ1v) is 13.7. The molecule has 11 heteroatoms. The van der Waals surface area contributed by atoms with Gasteiger partial charge in [-0.3, -0.25) is 9.52 Å². The van der Waals surface area contributed by atoms with Crippen LogP contribution in [0.25, 0.3) is 11.3 Å². The van der Waals surface area contributed by atoms with Gasteiger partial charge in [-0.2, -0.15) is 0 Å². The predicted molar refractivity (Wildman–Crippen MR) is 147 cm³/mol. The van der Waals surface area contributed by atoms with Gasteiger partial charge in [0, 0.05) is 11.1 Å². The van der Waals surface area contributed by atoms with E-state index in [2.05, 4.69) is 20.0 Å². The summed E-state index contributed by atoms with van der Waals surface area (Å²) in [7, 11) is -2.07. The van der Waals surface area contributed by atoms with Gasteiger partial charge in [-0.15, -0.1) is 0 Å². The highest BCUT2D eigenvalue weighted by molar-refractivity contribution is 7.92. The zero-order valence-electron chi connectivity index (χ0n) is 20.6. The van der Waals surface area contributed by atoms with Crippen molar-refractivity contribution in [2.75, 3.05) is 23.4 Å². The topological polar surface area (TPSA) is 120 Å². The van der Waals surface area contributed by atoms with Crippen molar-refractivity contribution in [3.8, 4) is 17.0 Å². The summed E-state index contributed by atoms with van der Waals surface area (Å²) in [5.41, 5.74) is 3.73. The van der Waals surface area contributed by atoms with Gasteiger partial charge in [0.15, 0.2) is 11.0 Å². The van der Waals surface area contributed by atoms with E-state index in [4.69, 9.17) is 21.1 Å². The highest BCUT2D eigenvalue weighted by Crippen LogP contribution is 2.28. The normalized spacial score (nSPS) is 11.1. The Balaban J connectivity index is 1.47. The fraction of sp³-hybridized carbons (Fsp3) is 0.148. The number of rotatable bonds is 10. The van der Waals surface area contributed by atoms with Gasteiger partial charge in [0.05, 0.1) is 44.2 Å². The summed E-state index contributed by atoms with van der Waals surface area (Å²) in [4.78, 5) is 21.3. The van der Waals surface area contributed by atoms with Crippen LogP contribution in [-0.4, -0.2) is 37.7 Å². The molecule has 0 aliphatic rings. The van der Waals surface area contributed by atoms with Gasteiger partial charge < -0.3 is 14.8 Å². The summed E-state index contributed by atoms with van der Waals surface area (Å²) in [6.45, 7) is 0.877. The number of ether oxygens (including phenoxy) is 2. The molecule has 0 radical (unpaired) electrons. The predicted octanol–water partition coefficient (Wildman–Crippen LogP) is 5.15. The summed E-state index contributed by atoms with van der Waals surface area (Å²) in [5, 5.41) is 2.77. The van der Waals surface area contributed by atoms with Crippen LogP contribution in [0.15, 0.2) is 79.0 Å². The van der Waals surface area contributed by atoms with E-state index in [9.17, 15) is 13.2 Å². The number of carbonyl (C=O) groups excluding carboxylic acids is 1. The second-order valence-electron chi connectivity index (χ2n) is 8.32. The van der Waals surface area contributed by atoms with E-state index in [1.54, 1.807) is 30.3 Å². The maximum atomic E-state index is 13.0. The Kier molecular flexibility index (Phi) is 8.57. The molecule has 0 atom stereocenters. The lowest BCUT2D eigenvalue weighted by Crippen LogP contribution is -2.13. The van der Waals surface area contributed by atoms with Crippen LogP contribution >= 0.6 is 11.6 Å². The Morgan fingerprint density at radius 1 is 0.974 bits per heavy atom. The molecule has 2 N–H and O–H groups in total. The summed E-state index contributed by atoms with van der Waals surface area (Å²) >= 11 is 5.97. The molecule has 38 heavy (non-hydrogen) atoms. The smallest absolute Gasteiger partial charge is 0.255 e. The van der Waals surface area contributed by atoms with Gasteiger partial charge in [0.25, 0.3) is 5.91 Å². The van der Waals surface area contributed by atoms with E-state index in [-0.39, 0.29) is 16.9 Å². The number of anilines is 2. The third-order valence-electron chi connectivity index (χ3n) is 5.32. The molecule has 4 rings (SSSR count). The Morgan fingerprint density at radius 2 is 1.74 bits per heavy atom. The molecule has 0 bridgehead atoms. The molecule has 1 amide bonds. The molecular formula is C27H25ClN4O5S. The number of sulfonamides is 1. The third-order valence-corrected chi connectivity index (χ3v) is 6.17. The van der Waals surface area contributed by atoms with Crippen molar-refractivity contribution in [2.45, 2.75) is 13.2 Å². The molecule has 0 aliphatic carbocycles. The summed E-state index contributed by atoms with van der Waals surface area (Å²) in [6.07, 6.45) is 2.38. The van der Waals surface area contributed by atoms with Crippen molar-refractivity contribution in [1.29, 1.82) is 0 Å². The molecule has 0 saturated heterocycles. The van der Waals surface area contributed by atoms with Gasteiger partial charge in [0.1, 0.15) is 5.75 Å². The van der Waals surface area contributed by atoms with Crippen LogP contribution in [0.1, 0.15) is 21.5 Å². The first kappa shape index (κ1) is 27.1. The van der Waals surface area contributed by atoms with Crippen LogP contribution in [0.2, 0.25) is 5.15 Å². The third kappa shape index (κ3) is 7.28. The fourth-order valence-corrected chi connectivity index (χ4v) is 4.25. The summed E-state index contributed by atoms with van der Waals surface area (Å²) in [5.74, 6) is 0.0316. The van der Waals surface area contributed by atoms with E-state index in [1.807, 2.05) is 42.5 Å². The van der Waals surface area contributed by atoms with Gasteiger partial charge >= 0.3 is 0 Å². The number of aromatic nitrogens is 2. The molecule has 3 aromatic carbocycles. The van der Waals surface area contributed by atoms with E-state index in [0.717, 1.165) is 17.4 Å². The van der Waals surface area contributed by atoms with Crippen LogP contribution in [0.3, 0.4) is 0 Å². The molecule has 9 nitrogen and oxygen atoms in total. The Bertz CT molecular complexity index is 1550. The highest BCUT2D eigenvalue weighted by atomic mass is 35.5. The minimum absolute atomic E-state index is 0.0888. The first-order valence-electron chi connectivity index (χ1n) is 11.4. The minimum Gasteiger partial charge on any atom is -0.495 e. The maximum absolute atomic E-state index is 13.0. The standard InChI is InChI=1S/C27H25ClN4O5S/c1-36-24-13-19(17-37-16-18-7-4-3-5-8-18)11-12-22(24)31-27(33)21-10-6-9-20(14-21)23-15-29-25(28)26(30-23)32-38(2,34)35/h3-15H,16-17H2,1-2H3,(H,30,32)(H,31,33). The molecule has 4 aromatic rings. The molecular weight excluding hydrogens is 528 g/mol. The quantitative estimate of drug-likeness (QED) is 0.279. The highest BCUT2D eigenvalue weighted by Gasteiger charge is 2.15. The van der Waals surface area contributed by atoms with Gasteiger partial charge in [0.2, 0.25) is 10.0 Å². The van der Waals surface area contributed by atoms with Crippen molar-refractivity contribution in [3.63, 3.8) is 0 Å². The van der Waals surface area contributed by atoms with Gasteiger partial charge in [-0.05, 0) is 35.4 Å². The number of nitrogens with zero attached hydrogens (tertiary/aromatic N) is 2. The SMILES string of the molecule is COc1cc(COCc2ccccc2)ccc1NC(=O)c1cccc(-c2cnc(Cl)c(NS(C)(=O)=O)n2)c1. The number of carbonyl (C=O) groups is 1. The van der Waals surface area contributed by atoms with Crippen molar-refractivity contribution < 1.29 is 22.7 Å². The van der Waals surface area contributed by atoms with Crippen LogP contribution in [-0.2, 0) is 28.0 Å². The fourth-order valence-electron chi connectivity index (χ4n) is 3.56. The Morgan fingerprint density at radius 3 is 2.47 bits per heavy atom. The molecule has 0 saturated carbocycles. The van der Waals surface area contributed by atoms with Crippen LogP contribution in [0, 0.1) is 0 Å². The molecule has 0 spiro atoms. The van der Waals surface area contributed by atoms with Crippen LogP contribution < -0.4 is 14.8 Å². The lowest BCUT2D eigenvalue weighted by molar-refractivity contribution is 0.102. The molecule has 196 valence electrons. The molecule has 0 fully saturated rings. The number of amides is 1. The van der Waals surface area contributed by atoms with Crippen LogP contribution in [0.4, 0.5) is 11.5 Å².